The van der Waals surface area contributed by atoms with Crippen molar-refractivity contribution in [3.05, 3.63) is 11.6 Å². The van der Waals surface area contributed by atoms with Crippen molar-refractivity contribution in [2.24, 2.45) is 11.8 Å². The van der Waals surface area contributed by atoms with Crippen molar-refractivity contribution in [3.8, 4) is 0 Å². The Labute approximate surface area is 130 Å². The molecule has 3 aliphatic rings. The van der Waals surface area contributed by atoms with E-state index < -0.39 is 0 Å². The maximum atomic E-state index is 12.2. The Balaban J connectivity index is 1.44. The highest BCUT2D eigenvalue weighted by Gasteiger charge is 2.48. The van der Waals surface area contributed by atoms with Gasteiger partial charge in [0.05, 0.1) is 11.8 Å². The summed E-state index contributed by atoms with van der Waals surface area (Å²) in [4.78, 5) is 36.9. The van der Waals surface area contributed by atoms with E-state index in [1.54, 1.807) is 4.90 Å². The summed E-state index contributed by atoms with van der Waals surface area (Å²) in [7, 11) is 0. The van der Waals surface area contributed by atoms with Gasteiger partial charge in [0.2, 0.25) is 11.8 Å². The van der Waals surface area contributed by atoms with Crippen LogP contribution >= 0.6 is 0 Å². The molecular weight excluding hydrogens is 282 g/mol. The molecule has 2 atom stereocenters. The second-order valence-electron chi connectivity index (χ2n) is 6.42. The first-order valence-corrected chi connectivity index (χ1v) is 8.20. The summed E-state index contributed by atoms with van der Waals surface area (Å²) in [6.45, 7) is 1.31. The van der Waals surface area contributed by atoms with Crippen LogP contribution in [0.25, 0.3) is 0 Å². The molecule has 4 amide bonds. The van der Waals surface area contributed by atoms with E-state index in [1.807, 2.05) is 0 Å². The molecule has 0 bridgehead atoms. The van der Waals surface area contributed by atoms with Crippen molar-refractivity contribution < 1.29 is 14.4 Å². The van der Waals surface area contributed by atoms with Crippen LogP contribution in [0.3, 0.4) is 0 Å². The Morgan fingerprint density at radius 3 is 2.64 bits per heavy atom. The molecule has 3 rings (SSSR count). The molecular formula is C16H23N3O3. The molecule has 0 radical (unpaired) electrons. The minimum absolute atomic E-state index is 0.163. The number of hydrogen-bond donors (Lipinski definition) is 2. The number of amides is 4. The van der Waals surface area contributed by atoms with Gasteiger partial charge in [0, 0.05) is 19.6 Å². The van der Waals surface area contributed by atoms with E-state index in [1.165, 1.54) is 24.8 Å². The van der Waals surface area contributed by atoms with E-state index in [4.69, 9.17) is 0 Å². The van der Waals surface area contributed by atoms with Crippen molar-refractivity contribution in [1.82, 2.24) is 15.5 Å². The van der Waals surface area contributed by atoms with Gasteiger partial charge in [0.15, 0.2) is 0 Å². The lowest BCUT2D eigenvalue weighted by Gasteiger charge is -2.18. The van der Waals surface area contributed by atoms with E-state index >= 15 is 0 Å². The molecule has 2 heterocycles. The van der Waals surface area contributed by atoms with Crippen LogP contribution in [0.4, 0.5) is 4.79 Å². The van der Waals surface area contributed by atoms with Gasteiger partial charge in [0.1, 0.15) is 0 Å². The minimum Gasteiger partial charge on any atom is -0.338 e. The van der Waals surface area contributed by atoms with Gasteiger partial charge in [-0.2, -0.15) is 0 Å². The van der Waals surface area contributed by atoms with Crippen LogP contribution in [-0.2, 0) is 9.59 Å². The van der Waals surface area contributed by atoms with Crippen molar-refractivity contribution in [1.29, 1.82) is 0 Å². The molecule has 0 aromatic carbocycles. The summed E-state index contributed by atoms with van der Waals surface area (Å²) in [6.07, 6.45) is 9.29. The van der Waals surface area contributed by atoms with Gasteiger partial charge < -0.3 is 10.2 Å². The van der Waals surface area contributed by atoms with Gasteiger partial charge in [-0.3, -0.25) is 14.9 Å². The second-order valence-corrected chi connectivity index (χ2v) is 6.42. The lowest BCUT2D eigenvalue weighted by atomic mass is 10.00. The first-order valence-electron chi connectivity index (χ1n) is 8.20. The summed E-state index contributed by atoms with van der Waals surface area (Å²) >= 11 is 0. The largest absolute Gasteiger partial charge is 0.338 e. The number of fused-ring (bicyclic) bond motifs is 1. The molecule has 0 aromatic rings. The van der Waals surface area contributed by atoms with Crippen molar-refractivity contribution in [2.45, 2.75) is 38.5 Å². The molecule has 2 saturated heterocycles. The highest BCUT2D eigenvalue weighted by molar-refractivity contribution is 6.06. The second kappa shape index (κ2) is 6.50. The normalized spacial score (nSPS) is 28.0. The molecule has 6 heteroatoms. The van der Waals surface area contributed by atoms with E-state index in [9.17, 15) is 14.4 Å². The monoisotopic (exact) mass is 305 g/mol. The average molecular weight is 305 g/mol. The van der Waals surface area contributed by atoms with Gasteiger partial charge >= 0.3 is 6.03 Å². The fourth-order valence-electron chi connectivity index (χ4n) is 3.56. The highest BCUT2D eigenvalue weighted by atomic mass is 16.2. The fraction of sp³-hybridized carbons (Fsp3) is 0.688. The molecule has 0 spiro atoms. The molecule has 2 aliphatic heterocycles. The zero-order valence-corrected chi connectivity index (χ0v) is 12.8. The molecule has 0 unspecified atom stereocenters. The Morgan fingerprint density at radius 1 is 1.18 bits per heavy atom. The van der Waals surface area contributed by atoms with Gasteiger partial charge in [-0.1, -0.05) is 18.1 Å². The maximum Gasteiger partial charge on any atom is 0.317 e. The van der Waals surface area contributed by atoms with Crippen LogP contribution in [0.2, 0.25) is 0 Å². The third-order valence-corrected chi connectivity index (χ3v) is 4.88. The average Bonchev–Trinajstić information content (AvgIpc) is 2.93. The van der Waals surface area contributed by atoms with E-state index in [0.29, 0.717) is 19.6 Å². The summed E-state index contributed by atoms with van der Waals surface area (Å²) in [6, 6.07) is -0.163. The van der Waals surface area contributed by atoms with Gasteiger partial charge in [-0.25, -0.2) is 4.79 Å². The van der Waals surface area contributed by atoms with Crippen molar-refractivity contribution in [3.63, 3.8) is 0 Å². The Kier molecular flexibility index (Phi) is 4.45. The summed E-state index contributed by atoms with van der Waals surface area (Å²) < 4.78 is 0. The van der Waals surface area contributed by atoms with E-state index in [0.717, 1.165) is 19.3 Å². The third kappa shape index (κ3) is 3.15. The molecule has 2 N–H and O–H groups in total. The number of imide groups is 1. The van der Waals surface area contributed by atoms with Gasteiger partial charge in [-0.05, 0) is 32.1 Å². The number of hydrogen-bond acceptors (Lipinski definition) is 3. The fourth-order valence-corrected chi connectivity index (χ4v) is 3.56. The zero-order valence-electron chi connectivity index (χ0n) is 12.8. The van der Waals surface area contributed by atoms with Crippen LogP contribution in [0.5, 0.6) is 0 Å². The molecule has 0 saturated carbocycles. The lowest BCUT2D eigenvalue weighted by Crippen LogP contribution is -2.41. The first kappa shape index (κ1) is 15.1. The molecule has 1 aliphatic carbocycles. The third-order valence-electron chi connectivity index (χ3n) is 4.88. The zero-order chi connectivity index (χ0) is 15.5. The molecule has 22 heavy (non-hydrogen) atoms. The summed E-state index contributed by atoms with van der Waals surface area (Å²) in [5.41, 5.74) is 1.44. The number of carbonyl (C=O) groups excluding carboxylic acids is 3. The number of nitrogens with one attached hydrogen (secondary N) is 2. The number of likely N-dealkylation sites (tertiary alicyclic amines) is 1. The van der Waals surface area contributed by atoms with Crippen LogP contribution < -0.4 is 10.6 Å². The predicted octanol–water partition coefficient (Wildman–Crippen LogP) is 1.18. The topological polar surface area (TPSA) is 78.5 Å². The minimum atomic E-state index is -0.359. The molecule has 0 aromatic heterocycles. The van der Waals surface area contributed by atoms with Gasteiger partial charge in [-0.15, -0.1) is 0 Å². The Morgan fingerprint density at radius 2 is 1.91 bits per heavy atom. The van der Waals surface area contributed by atoms with E-state index in [2.05, 4.69) is 16.7 Å². The van der Waals surface area contributed by atoms with Crippen LogP contribution in [0, 0.1) is 11.8 Å². The smallest absolute Gasteiger partial charge is 0.317 e. The summed E-state index contributed by atoms with van der Waals surface area (Å²) in [5.74, 6) is -1.20. The molecule has 2 fully saturated rings. The Bertz CT molecular complexity index is 493. The van der Waals surface area contributed by atoms with E-state index in [-0.39, 0.29) is 29.7 Å². The van der Waals surface area contributed by atoms with Gasteiger partial charge in [0.25, 0.3) is 0 Å². The molecule has 120 valence electrons. The maximum absolute atomic E-state index is 12.2. The van der Waals surface area contributed by atoms with Crippen LogP contribution in [0.15, 0.2) is 11.6 Å². The highest BCUT2D eigenvalue weighted by Crippen LogP contribution is 2.28. The first-order chi connectivity index (χ1) is 10.6. The summed E-state index contributed by atoms with van der Waals surface area (Å²) in [5, 5.41) is 5.24. The number of allylic oxidation sites excluding steroid dienone is 1. The van der Waals surface area contributed by atoms with Crippen LogP contribution in [-0.4, -0.2) is 42.4 Å². The SMILES string of the molecule is O=C1NC(=O)[C@@H]2CN(C(=O)NCCC3=CCCCCC3)C[C@H]12. The van der Waals surface area contributed by atoms with Crippen molar-refractivity contribution >= 4 is 17.8 Å². The van der Waals surface area contributed by atoms with Crippen molar-refractivity contribution in [2.75, 3.05) is 19.6 Å². The predicted molar refractivity (Wildman–Crippen MR) is 80.9 cm³/mol. The number of rotatable bonds is 3. The molecule has 6 nitrogen and oxygen atoms in total. The lowest BCUT2D eigenvalue weighted by molar-refractivity contribution is -0.126. The Hall–Kier alpha value is -1.85. The number of carbonyl (C=O) groups is 3. The van der Waals surface area contributed by atoms with Crippen LogP contribution in [0.1, 0.15) is 38.5 Å². The quantitative estimate of drug-likeness (QED) is 0.607. The number of nitrogens with zero attached hydrogens (tertiary/aromatic N) is 1. The standard InChI is InChI=1S/C16H23N3O3/c20-14-12-9-19(10-13(12)15(21)18-14)16(22)17-8-7-11-5-3-1-2-4-6-11/h5,12-13H,1-4,6-10H2,(H,17,22)(H,18,20,21)/t12-,13+. The number of urea groups is 1.